The first-order valence-corrected chi connectivity index (χ1v) is 5.65. The lowest BCUT2D eigenvalue weighted by molar-refractivity contribution is -0.150. The van der Waals surface area contributed by atoms with Gasteiger partial charge in [0.15, 0.2) is 6.10 Å². The summed E-state index contributed by atoms with van der Waals surface area (Å²) < 4.78 is 4.82. The number of nitrogens with zero attached hydrogens (tertiary/aromatic N) is 1. The van der Waals surface area contributed by atoms with Crippen molar-refractivity contribution in [3.05, 3.63) is 28.8 Å². The van der Waals surface area contributed by atoms with Gasteiger partial charge in [0.1, 0.15) is 12.7 Å². The van der Waals surface area contributed by atoms with Gasteiger partial charge in [0.05, 0.1) is 10.6 Å². The molecular formula is C12H11ClN2O4. The second-order valence-electron chi connectivity index (χ2n) is 3.65. The summed E-state index contributed by atoms with van der Waals surface area (Å²) in [7, 11) is 0. The normalized spacial score (nSPS) is 11.4. The van der Waals surface area contributed by atoms with Crippen LogP contribution in [0.5, 0.6) is 0 Å². The first-order valence-electron chi connectivity index (χ1n) is 5.28. The van der Waals surface area contributed by atoms with Gasteiger partial charge in [-0.25, -0.2) is 4.79 Å². The Balaban J connectivity index is 2.56. The van der Waals surface area contributed by atoms with Gasteiger partial charge in [-0.05, 0) is 25.1 Å². The summed E-state index contributed by atoms with van der Waals surface area (Å²) in [6.45, 7) is 0.944. The van der Waals surface area contributed by atoms with Crippen LogP contribution in [0.3, 0.4) is 0 Å². The van der Waals surface area contributed by atoms with Gasteiger partial charge in [0.25, 0.3) is 0 Å². The van der Waals surface area contributed by atoms with Gasteiger partial charge in [-0.1, -0.05) is 11.6 Å². The number of hydrogen-bond donors (Lipinski definition) is 2. The standard InChI is InChI=1S/C12H11ClN2O4/c1-7(12(17)18)19-6-11(16)15-9-3-2-8(5-14)10(13)4-9/h2-4,7H,6H2,1H3,(H,15,16)(H,17,18)/t7-/m0/s1. The minimum atomic E-state index is -1.14. The molecule has 0 bridgehead atoms. The number of halogens is 1. The number of anilines is 1. The smallest absolute Gasteiger partial charge is 0.332 e. The molecule has 1 rings (SSSR count). The molecule has 1 atom stereocenters. The zero-order valence-corrected chi connectivity index (χ0v) is 10.8. The van der Waals surface area contributed by atoms with E-state index in [2.05, 4.69) is 5.32 Å². The van der Waals surface area contributed by atoms with E-state index in [-0.39, 0.29) is 11.6 Å². The number of nitriles is 1. The van der Waals surface area contributed by atoms with Crippen molar-refractivity contribution in [2.24, 2.45) is 0 Å². The molecule has 100 valence electrons. The maximum atomic E-state index is 11.5. The molecule has 0 aliphatic rings. The molecule has 1 aromatic carbocycles. The lowest BCUT2D eigenvalue weighted by Crippen LogP contribution is -2.26. The lowest BCUT2D eigenvalue weighted by Gasteiger charge is -2.09. The van der Waals surface area contributed by atoms with Crippen LogP contribution in [0.15, 0.2) is 18.2 Å². The van der Waals surface area contributed by atoms with Crippen LogP contribution in [-0.4, -0.2) is 29.7 Å². The minimum Gasteiger partial charge on any atom is -0.479 e. The van der Waals surface area contributed by atoms with Gasteiger partial charge in [-0.2, -0.15) is 5.26 Å². The van der Waals surface area contributed by atoms with E-state index in [0.717, 1.165) is 0 Å². The number of hydrogen-bond acceptors (Lipinski definition) is 4. The molecule has 0 spiro atoms. The molecule has 0 saturated carbocycles. The summed E-state index contributed by atoms with van der Waals surface area (Å²) in [4.78, 5) is 21.9. The Labute approximate surface area is 114 Å². The second kappa shape index (κ2) is 6.73. The van der Waals surface area contributed by atoms with Gasteiger partial charge < -0.3 is 15.2 Å². The van der Waals surface area contributed by atoms with Gasteiger partial charge in [-0.15, -0.1) is 0 Å². The highest BCUT2D eigenvalue weighted by atomic mass is 35.5. The van der Waals surface area contributed by atoms with Crippen molar-refractivity contribution < 1.29 is 19.4 Å². The molecule has 0 aliphatic carbocycles. The molecule has 0 radical (unpaired) electrons. The van der Waals surface area contributed by atoms with Crippen LogP contribution in [0.1, 0.15) is 12.5 Å². The van der Waals surface area contributed by atoms with E-state index < -0.39 is 18.0 Å². The third kappa shape index (κ3) is 4.58. The Bertz CT molecular complexity index is 539. The Hall–Kier alpha value is -2.10. The highest BCUT2D eigenvalue weighted by Crippen LogP contribution is 2.20. The van der Waals surface area contributed by atoms with E-state index in [1.807, 2.05) is 6.07 Å². The van der Waals surface area contributed by atoms with Crippen LogP contribution >= 0.6 is 11.6 Å². The van der Waals surface area contributed by atoms with E-state index in [1.54, 1.807) is 0 Å². The third-order valence-electron chi connectivity index (χ3n) is 2.19. The molecular weight excluding hydrogens is 272 g/mol. The molecule has 19 heavy (non-hydrogen) atoms. The average molecular weight is 283 g/mol. The topological polar surface area (TPSA) is 99.4 Å². The average Bonchev–Trinajstić information content (AvgIpc) is 2.36. The van der Waals surface area contributed by atoms with E-state index in [9.17, 15) is 9.59 Å². The summed E-state index contributed by atoms with van der Waals surface area (Å²) in [5.74, 6) is -1.65. The van der Waals surface area contributed by atoms with Crippen LogP contribution in [0.4, 0.5) is 5.69 Å². The molecule has 0 heterocycles. The first kappa shape index (κ1) is 15.0. The largest absolute Gasteiger partial charge is 0.479 e. The summed E-state index contributed by atoms with van der Waals surface area (Å²) in [5.41, 5.74) is 0.705. The number of carboxylic acid groups (broad SMARTS) is 1. The molecule has 0 fully saturated rings. The Morgan fingerprint density at radius 1 is 1.58 bits per heavy atom. The lowest BCUT2D eigenvalue weighted by atomic mass is 10.2. The van der Waals surface area contributed by atoms with Crippen LogP contribution in [-0.2, 0) is 14.3 Å². The van der Waals surface area contributed by atoms with Gasteiger partial charge in [0.2, 0.25) is 5.91 Å². The Morgan fingerprint density at radius 2 is 2.26 bits per heavy atom. The highest BCUT2D eigenvalue weighted by molar-refractivity contribution is 6.32. The number of nitrogens with one attached hydrogen (secondary N) is 1. The maximum absolute atomic E-state index is 11.5. The van der Waals surface area contributed by atoms with E-state index in [1.165, 1.54) is 25.1 Å². The summed E-state index contributed by atoms with van der Waals surface area (Å²) in [5, 5.41) is 20.0. The van der Waals surface area contributed by atoms with Crippen LogP contribution in [0.25, 0.3) is 0 Å². The summed E-state index contributed by atoms with van der Waals surface area (Å²) in [6.07, 6.45) is -1.06. The number of rotatable bonds is 5. The molecule has 0 unspecified atom stereocenters. The van der Waals surface area contributed by atoms with E-state index in [4.69, 9.17) is 26.7 Å². The van der Waals surface area contributed by atoms with E-state index >= 15 is 0 Å². The van der Waals surface area contributed by atoms with Crippen molar-refractivity contribution in [3.8, 4) is 6.07 Å². The number of carbonyl (C=O) groups excluding carboxylic acids is 1. The summed E-state index contributed by atoms with van der Waals surface area (Å²) in [6, 6.07) is 6.31. The van der Waals surface area contributed by atoms with Crippen molar-refractivity contribution in [2.45, 2.75) is 13.0 Å². The van der Waals surface area contributed by atoms with E-state index in [0.29, 0.717) is 11.3 Å². The molecule has 1 amide bonds. The quantitative estimate of drug-likeness (QED) is 0.855. The molecule has 7 heteroatoms. The first-order chi connectivity index (χ1) is 8.93. The molecule has 0 aromatic heterocycles. The number of aliphatic carboxylic acids is 1. The monoisotopic (exact) mass is 282 g/mol. The minimum absolute atomic E-state index is 0.222. The SMILES string of the molecule is C[C@H](OCC(=O)Nc1ccc(C#N)c(Cl)c1)C(=O)O. The molecule has 2 N–H and O–H groups in total. The molecule has 0 saturated heterocycles. The highest BCUT2D eigenvalue weighted by Gasteiger charge is 2.13. The van der Waals surface area contributed by atoms with Gasteiger partial charge >= 0.3 is 5.97 Å². The molecule has 0 aliphatic heterocycles. The van der Waals surface area contributed by atoms with Crippen molar-refractivity contribution >= 4 is 29.2 Å². The van der Waals surface area contributed by atoms with Crippen molar-refractivity contribution in [1.82, 2.24) is 0 Å². The number of carbonyl (C=O) groups is 2. The maximum Gasteiger partial charge on any atom is 0.332 e. The second-order valence-corrected chi connectivity index (χ2v) is 4.05. The molecule has 6 nitrogen and oxygen atoms in total. The Morgan fingerprint density at radius 3 is 2.79 bits per heavy atom. The van der Waals surface area contributed by atoms with Gasteiger partial charge in [0, 0.05) is 5.69 Å². The number of ether oxygens (including phenoxy) is 1. The number of benzene rings is 1. The number of amides is 1. The van der Waals surface area contributed by atoms with Gasteiger partial charge in [-0.3, -0.25) is 4.79 Å². The van der Waals surface area contributed by atoms with Crippen molar-refractivity contribution in [2.75, 3.05) is 11.9 Å². The van der Waals surface area contributed by atoms with Crippen LogP contribution < -0.4 is 5.32 Å². The molecule has 1 aromatic rings. The third-order valence-corrected chi connectivity index (χ3v) is 2.50. The zero-order valence-electron chi connectivity index (χ0n) is 10.0. The number of carboxylic acids is 1. The van der Waals surface area contributed by atoms with Crippen LogP contribution in [0.2, 0.25) is 5.02 Å². The fourth-order valence-corrected chi connectivity index (χ4v) is 1.38. The van der Waals surface area contributed by atoms with Crippen LogP contribution in [0, 0.1) is 11.3 Å². The fraction of sp³-hybridized carbons (Fsp3) is 0.250. The van der Waals surface area contributed by atoms with Crippen molar-refractivity contribution in [3.63, 3.8) is 0 Å². The Kier molecular flexibility index (Phi) is 5.30. The summed E-state index contributed by atoms with van der Waals surface area (Å²) >= 11 is 5.80. The fourth-order valence-electron chi connectivity index (χ4n) is 1.15. The predicted molar refractivity (Wildman–Crippen MR) is 67.8 cm³/mol. The predicted octanol–water partition coefficient (Wildman–Crippen LogP) is 1.64. The van der Waals surface area contributed by atoms with Crippen molar-refractivity contribution in [1.29, 1.82) is 5.26 Å². The zero-order chi connectivity index (χ0) is 14.4.